The second-order valence-electron chi connectivity index (χ2n) is 6.45. The van der Waals surface area contributed by atoms with Crippen molar-refractivity contribution in [2.45, 2.75) is 11.3 Å². The molecule has 1 aromatic heterocycles. The van der Waals surface area contributed by atoms with Gasteiger partial charge < -0.3 is 0 Å². The van der Waals surface area contributed by atoms with Crippen molar-refractivity contribution in [1.29, 1.82) is 0 Å². The number of benzene rings is 2. The monoisotopic (exact) mass is 390 g/mol. The van der Waals surface area contributed by atoms with Gasteiger partial charge in [0.2, 0.25) is 5.78 Å². The maximum atomic E-state index is 13.3. The van der Waals surface area contributed by atoms with Gasteiger partial charge in [0.05, 0.1) is 4.90 Å². The minimum Gasteiger partial charge on any atom is -0.287 e. The summed E-state index contributed by atoms with van der Waals surface area (Å²) < 4.78 is 27.8. The molecule has 0 bridgehead atoms. The third kappa shape index (κ3) is 3.34. The van der Waals surface area contributed by atoms with Crippen LogP contribution in [0, 0.1) is 0 Å². The summed E-state index contributed by atoms with van der Waals surface area (Å²) in [7, 11) is -3.83. The number of fused-ring (bicyclic) bond motifs is 1. The zero-order valence-corrected chi connectivity index (χ0v) is 15.8. The van der Waals surface area contributed by atoms with Gasteiger partial charge in [-0.2, -0.15) is 0 Å². The summed E-state index contributed by atoms with van der Waals surface area (Å²) in [5.74, 6) is -0.296. The van der Waals surface area contributed by atoms with Crippen LogP contribution in [-0.2, 0) is 16.4 Å². The standard InChI is InChI=1S/C22H18N2O3S/c25-22-19-8-4-5-9-21(19)28(26,27)24(15-12-17-6-2-1-3-7-17)20(22)16-18-10-13-23-14-11-18/h1-11,13-14,16H,12,15H2/b20-16+. The Morgan fingerprint density at radius 2 is 1.57 bits per heavy atom. The number of nitrogens with zero attached hydrogens (tertiary/aromatic N) is 2. The normalized spacial score (nSPS) is 16.8. The van der Waals surface area contributed by atoms with E-state index in [9.17, 15) is 13.2 Å². The Hall–Kier alpha value is -3.25. The molecule has 0 amide bonds. The molecule has 4 rings (SSSR count). The predicted molar refractivity (Wildman–Crippen MR) is 107 cm³/mol. The highest BCUT2D eigenvalue weighted by Crippen LogP contribution is 2.33. The van der Waals surface area contributed by atoms with E-state index in [1.165, 1.54) is 10.4 Å². The van der Waals surface area contributed by atoms with Crippen LogP contribution in [0.5, 0.6) is 0 Å². The SMILES string of the molecule is O=C1/C(=C\c2ccncc2)N(CCc2ccccc2)S(=O)(=O)c2ccccc21. The maximum absolute atomic E-state index is 13.3. The first-order valence-electron chi connectivity index (χ1n) is 8.89. The smallest absolute Gasteiger partial charge is 0.265 e. The van der Waals surface area contributed by atoms with Gasteiger partial charge in [0.15, 0.2) is 0 Å². The van der Waals surface area contributed by atoms with Crippen molar-refractivity contribution in [1.82, 2.24) is 9.29 Å². The average Bonchev–Trinajstić information content (AvgIpc) is 2.73. The van der Waals surface area contributed by atoms with Crippen molar-refractivity contribution in [2.75, 3.05) is 6.54 Å². The van der Waals surface area contributed by atoms with Gasteiger partial charge in [-0.1, -0.05) is 42.5 Å². The van der Waals surface area contributed by atoms with Gasteiger partial charge >= 0.3 is 0 Å². The van der Waals surface area contributed by atoms with Gasteiger partial charge in [-0.25, -0.2) is 8.42 Å². The minimum atomic E-state index is -3.83. The van der Waals surface area contributed by atoms with Crippen LogP contribution in [0.15, 0.2) is 89.7 Å². The molecule has 5 nitrogen and oxygen atoms in total. The molecule has 140 valence electrons. The zero-order valence-electron chi connectivity index (χ0n) is 15.0. The van der Waals surface area contributed by atoms with E-state index in [-0.39, 0.29) is 28.5 Å². The molecular weight excluding hydrogens is 372 g/mol. The average molecular weight is 390 g/mol. The highest BCUT2D eigenvalue weighted by atomic mass is 32.2. The highest BCUT2D eigenvalue weighted by Gasteiger charge is 2.38. The lowest BCUT2D eigenvalue weighted by Crippen LogP contribution is -2.40. The molecule has 1 aliphatic heterocycles. The number of Topliss-reactive ketones (excluding diaryl/α,β-unsaturated/α-hetero) is 1. The van der Waals surface area contributed by atoms with Gasteiger partial charge in [-0.3, -0.25) is 14.1 Å². The molecule has 0 spiro atoms. The van der Waals surface area contributed by atoms with Gasteiger partial charge in [0, 0.05) is 24.5 Å². The first-order valence-corrected chi connectivity index (χ1v) is 10.3. The van der Waals surface area contributed by atoms with E-state index in [4.69, 9.17) is 0 Å². The van der Waals surface area contributed by atoms with Crippen molar-refractivity contribution in [3.8, 4) is 0 Å². The molecular formula is C22H18N2O3S. The molecule has 2 heterocycles. The van der Waals surface area contributed by atoms with Crippen molar-refractivity contribution >= 4 is 21.9 Å². The Morgan fingerprint density at radius 1 is 0.893 bits per heavy atom. The second kappa shape index (κ2) is 7.40. The Bertz CT molecular complexity index is 1140. The lowest BCUT2D eigenvalue weighted by atomic mass is 10.1. The number of sulfonamides is 1. The van der Waals surface area contributed by atoms with Crippen molar-refractivity contribution < 1.29 is 13.2 Å². The minimum absolute atomic E-state index is 0.0555. The summed E-state index contributed by atoms with van der Waals surface area (Å²) in [6.07, 6.45) is 5.33. The summed E-state index contributed by atoms with van der Waals surface area (Å²) in [4.78, 5) is 17.2. The fraction of sp³-hybridized carbons (Fsp3) is 0.0909. The molecule has 28 heavy (non-hydrogen) atoms. The molecule has 0 radical (unpaired) electrons. The Labute approximate surface area is 164 Å². The number of hydrogen-bond acceptors (Lipinski definition) is 4. The van der Waals surface area contributed by atoms with Crippen molar-refractivity contribution in [2.24, 2.45) is 0 Å². The van der Waals surface area contributed by atoms with Crippen LogP contribution in [0.2, 0.25) is 0 Å². The summed E-state index contributed by atoms with van der Waals surface area (Å²) in [6, 6.07) is 19.5. The van der Waals surface area contributed by atoms with Gasteiger partial charge in [-0.15, -0.1) is 0 Å². The van der Waals surface area contributed by atoms with E-state index in [2.05, 4.69) is 4.98 Å². The maximum Gasteiger partial charge on any atom is 0.265 e. The predicted octanol–water partition coefficient (Wildman–Crippen LogP) is 3.55. The number of aromatic nitrogens is 1. The van der Waals surface area contributed by atoms with E-state index < -0.39 is 10.0 Å². The van der Waals surface area contributed by atoms with E-state index in [1.54, 1.807) is 48.8 Å². The van der Waals surface area contributed by atoms with E-state index in [0.717, 1.165) is 11.1 Å². The molecule has 6 heteroatoms. The fourth-order valence-electron chi connectivity index (χ4n) is 3.25. The van der Waals surface area contributed by atoms with Crippen LogP contribution in [0.4, 0.5) is 0 Å². The number of allylic oxidation sites excluding steroid dienone is 1. The van der Waals surface area contributed by atoms with Crippen LogP contribution in [0.1, 0.15) is 21.5 Å². The zero-order chi connectivity index (χ0) is 19.6. The van der Waals surface area contributed by atoms with E-state index in [0.29, 0.717) is 6.42 Å². The molecule has 0 saturated heterocycles. The number of carbonyl (C=O) groups is 1. The number of carbonyl (C=O) groups excluding carboxylic acids is 1. The fourth-order valence-corrected chi connectivity index (χ4v) is 4.90. The second-order valence-corrected chi connectivity index (χ2v) is 8.28. The number of rotatable bonds is 4. The molecule has 0 atom stereocenters. The highest BCUT2D eigenvalue weighted by molar-refractivity contribution is 7.89. The number of hydrogen-bond donors (Lipinski definition) is 0. The summed E-state index contributed by atoms with van der Waals surface area (Å²) in [5.41, 5.74) is 2.09. The van der Waals surface area contributed by atoms with Crippen LogP contribution in [0.3, 0.4) is 0 Å². The van der Waals surface area contributed by atoms with Gasteiger partial charge in [0.25, 0.3) is 10.0 Å². The van der Waals surface area contributed by atoms with Crippen LogP contribution in [0.25, 0.3) is 6.08 Å². The van der Waals surface area contributed by atoms with Crippen LogP contribution in [-0.4, -0.2) is 30.0 Å². The van der Waals surface area contributed by atoms with Crippen molar-refractivity contribution in [3.05, 3.63) is 102 Å². The topological polar surface area (TPSA) is 67.3 Å². The Balaban J connectivity index is 1.81. The molecule has 0 fully saturated rings. The summed E-state index contributed by atoms with van der Waals surface area (Å²) in [6.45, 7) is 0.184. The Kier molecular flexibility index (Phi) is 4.79. The number of pyridine rings is 1. The molecule has 0 aliphatic carbocycles. The Morgan fingerprint density at radius 3 is 2.32 bits per heavy atom. The summed E-state index contributed by atoms with van der Waals surface area (Å²) in [5, 5.41) is 0. The largest absolute Gasteiger partial charge is 0.287 e. The first-order chi connectivity index (χ1) is 13.6. The van der Waals surface area contributed by atoms with Gasteiger partial charge in [-0.05, 0) is 47.9 Å². The molecule has 0 saturated carbocycles. The van der Waals surface area contributed by atoms with Crippen molar-refractivity contribution in [3.63, 3.8) is 0 Å². The molecule has 0 unspecified atom stereocenters. The molecule has 3 aromatic rings. The van der Waals surface area contributed by atoms with Gasteiger partial charge in [0.1, 0.15) is 5.70 Å². The molecule has 0 N–H and O–H groups in total. The van der Waals surface area contributed by atoms with Crippen LogP contribution >= 0.6 is 0 Å². The molecule has 1 aliphatic rings. The van der Waals surface area contributed by atoms with E-state index in [1.807, 2.05) is 30.3 Å². The van der Waals surface area contributed by atoms with Crippen LogP contribution < -0.4 is 0 Å². The first kappa shape index (κ1) is 18.1. The third-order valence-electron chi connectivity index (χ3n) is 4.66. The number of ketones is 1. The lowest BCUT2D eigenvalue weighted by Gasteiger charge is -2.31. The lowest BCUT2D eigenvalue weighted by molar-refractivity contribution is 0.100. The molecule has 2 aromatic carbocycles. The summed E-state index contributed by atoms with van der Waals surface area (Å²) >= 11 is 0. The quantitative estimate of drug-likeness (QED) is 0.639. The van der Waals surface area contributed by atoms with E-state index >= 15 is 0 Å². The third-order valence-corrected chi connectivity index (χ3v) is 6.53.